The maximum Gasteiger partial charge on any atom is 0.326 e. The molecule has 102 valence electrons. The average Bonchev–Trinajstić information content (AvgIpc) is 2.34. The van der Waals surface area contributed by atoms with Crippen molar-refractivity contribution < 1.29 is 19.6 Å². The van der Waals surface area contributed by atoms with E-state index in [2.05, 4.69) is 5.32 Å². The van der Waals surface area contributed by atoms with Crippen molar-refractivity contribution in [1.82, 2.24) is 5.32 Å². The Hall–Kier alpha value is -2.44. The lowest BCUT2D eigenvalue weighted by molar-refractivity contribution is -0.384. The summed E-state index contributed by atoms with van der Waals surface area (Å²) in [6, 6.07) is 2.83. The summed E-state index contributed by atoms with van der Waals surface area (Å²) in [7, 11) is 0. The fourth-order valence-corrected chi connectivity index (χ4v) is 1.59. The number of hydrogen-bond donors (Lipinski definition) is 2. The molecule has 1 atom stereocenters. The molecule has 0 aromatic heterocycles. The Bertz CT molecular complexity index is 527. The molecule has 0 unspecified atom stereocenters. The number of rotatable bonds is 5. The molecule has 2 N–H and O–H groups in total. The van der Waals surface area contributed by atoms with Gasteiger partial charge in [0.05, 0.1) is 4.92 Å². The Labute approximate surface area is 109 Å². The van der Waals surface area contributed by atoms with Crippen molar-refractivity contribution in [2.75, 3.05) is 0 Å². The molecule has 7 heteroatoms. The van der Waals surface area contributed by atoms with Gasteiger partial charge >= 0.3 is 5.97 Å². The van der Waals surface area contributed by atoms with Gasteiger partial charge in [-0.3, -0.25) is 14.9 Å². The molecule has 0 saturated heterocycles. The van der Waals surface area contributed by atoms with Crippen LogP contribution in [0, 0.1) is 17.0 Å². The van der Waals surface area contributed by atoms with Crippen LogP contribution in [0.4, 0.5) is 5.69 Å². The summed E-state index contributed by atoms with van der Waals surface area (Å²) in [5.74, 6) is -1.67. The van der Waals surface area contributed by atoms with E-state index in [0.29, 0.717) is 5.56 Å². The Morgan fingerprint density at radius 3 is 2.53 bits per heavy atom. The van der Waals surface area contributed by atoms with Crippen molar-refractivity contribution in [2.45, 2.75) is 26.3 Å². The van der Waals surface area contributed by atoms with Crippen LogP contribution in [0.25, 0.3) is 0 Å². The Kier molecular flexibility index (Phi) is 4.57. The van der Waals surface area contributed by atoms with Crippen LogP contribution in [0.3, 0.4) is 0 Å². The highest BCUT2D eigenvalue weighted by molar-refractivity contribution is 5.98. The molecule has 0 aliphatic heterocycles. The molecule has 0 heterocycles. The van der Waals surface area contributed by atoms with Gasteiger partial charge in [-0.2, -0.15) is 0 Å². The predicted octanol–water partition coefficient (Wildman–Crippen LogP) is 1.50. The molecule has 0 aliphatic carbocycles. The third-order valence-corrected chi connectivity index (χ3v) is 2.68. The summed E-state index contributed by atoms with van der Waals surface area (Å²) in [6.45, 7) is 3.20. The van der Waals surface area contributed by atoms with E-state index in [1.54, 1.807) is 13.8 Å². The van der Waals surface area contributed by atoms with Crippen LogP contribution in [0.2, 0.25) is 0 Å². The first kappa shape index (κ1) is 14.6. The van der Waals surface area contributed by atoms with E-state index in [-0.39, 0.29) is 17.7 Å². The standard InChI is InChI=1S/C12H14N2O5/c1-3-10(12(16)17)13-11(15)9-5-4-8(14(18)19)6-7(9)2/h4-6,10H,3H2,1-2H3,(H,13,15)(H,16,17)/t10-/m0/s1. The number of non-ortho nitro benzene ring substituents is 1. The highest BCUT2D eigenvalue weighted by atomic mass is 16.6. The molecule has 1 rings (SSSR count). The molecule has 0 radical (unpaired) electrons. The van der Waals surface area contributed by atoms with Gasteiger partial charge in [-0.05, 0) is 25.0 Å². The van der Waals surface area contributed by atoms with Crippen LogP contribution in [0.15, 0.2) is 18.2 Å². The zero-order valence-corrected chi connectivity index (χ0v) is 10.5. The second kappa shape index (κ2) is 5.94. The minimum atomic E-state index is -1.12. The molecular weight excluding hydrogens is 252 g/mol. The van der Waals surface area contributed by atoms with Gasteiger partial charge in [0.15, 0.2) is 0 Å². The fourth-order valence-electron chi connectivity index (χ4n) is 1.59. The van der Waals surface area contributed by atoms with Gasteiger partial charge in [-0.25, -0.2) is 4.79 Å². The minimum absolute atomic E-state index is 0.112. The van der Waals surface area contributed by atoms with Gasteiger partial charge in [-0.1, -0.05) is 6.92 Å². The average molecular weight is 266 g/mol. The number of nitrogens with zero attached hydrogens (tertiary/aromatic N) is 1. The molecule has 0 fully saturated rings. The van der Waals surface area contributed by atoms with Crippen molar-refractivity contribution in [3.05, 3.63) is 39.4 Å². The lowest BCUT2D eigenvalue weighted by atomic mass is 10.1. The number of carbonyl (C=O) groups is 2. The number of hydrogen-bond acceptors (Lipinski definition) is 4. The van der Waals surface area contributed by atoms with Gasteiger partial charge in [0.25, 0.3) is 11.6 Å². The topological polar surface area (TPSA) is 110 Å². The second-order valence-electron chi connectivity index (χ2n) is 4.03. The first-order chi connectivity index (χ1) is 8.86. The third-order valence-electron chi connectivity index (χ3n) is 2.68. The van der Waals surface area contributed by atoms with Crippen molar-refractivity contribution in [3.63, 3.8) is 0 Å². The Balaban J connectivity index is 2.94. The summed E-state index contributed by atoms with van der Waals surface area (Å²) in [5.41, 5.74) is 0.538. The maximum absolute atomic E-state index is 11.9. The van der Waals surface area contributed by atoms with Gasteiger partial charge in [0.2, 0.25) is 0 Å². The van der Waals surface area contributed by atoms with Crippen LogP contribution in [-0.4, -0.2) is 27.9 Å². The molecule has 0 bridgehead atoms. The maximum atomic E-state index is 11.9. The SMILES string of the molecule is CC[C@H](NC(=O)c1ccc([N+](=O)[O-])cc1C)C(=O)O. The lowest BCUT2D eigenvalue weighted by Crippen LogP contribution is -2.40. The lowest BCUT2D eigenvalue weighted by Gasteiger charge is -2.13. The number of amides is 1. The molecule has 0 spiro atoms. The number of carboxylic acids is 1. The number of benzene rings is 1. The summed E-state index contributed by atoms with van der Waals surface area (Å²) >= 11 is 0. The number of carbonyl (C=O) groups excluding carboxylic acids is 1. The van der Waals surface area contributed by atoms with Crippen LogP contribution in [0.1, 0.15) is 29.3 Å². The summed E-state index contributed by atoms with van der Waals surface area (Å²) < 4.78 is 0. The monoisotopic (exact) mass is 266 g/mol. The minimum Gasteiger partial charge on any atom is -0.480 e. The van der Waals surface area contributed by atoms with E-state index in [9.17, 15) is 19.7 Å². The largest absolute Gasteiger partial charge is 0.480 e. The van der Waals surface area contributed by atoms with Crippen LogP contribution < -0.4 is 5.32 Å². The van der Waals surface area contributed by atoms with Gasteiger partial charge in [0.1, 0.15) is 6.04 Å². The molecule has 0 aliphatic rings. The van der Waals surface area contributed by atoms with Crippen molar-refractivity contribution >= 4 is 17.6 Å². The Morgan fingerprint density at radius 2 is 2.11 bits per heavy atom. The van der Waals surface area contributed by atoms with Crippen molar-refractivity contribution in [3.8, 4) is 0 Å². The van der Waals surface area contributed by atoms with Gasteiger partial charge in [0, 0.05) is 17.7 Å². The molecule has 19 heavy (non-hydrogen) atoms. The van der Waals surface area contributed by atoms with Gasteiger partial charge < -0.3 is 10.4 Å². The number of aliphatic carboxylic acids is 1. The first-order valence-corrected chi connectivity index (χ1v) is 5.65. The normalized spacial score (nSPS) is 11.7. The molecule has 1 aromatic rings. The number of aryl methyl sites for hydroxylation is 1. The van der Waals surface area contributed by atoms with E-state index in [0.717, 1.165) is 0 Å². The van der Waals surface area contributed by atoms with E-state index in [4.69, 9.17) is 5.11 Å². The summed E-state index contributed by atoms with van der Waals surface area (Å²) in [5, 5.41) is 21.8. The zero-order valence-electron chi connectivity index (χ0n) is 10.5. The second-order valence-corrected chi connectivity index (χ2v) is 4.03. The summed E-state index contributed by atoms with van der Waals surface area (Å²) in [6.07, 6.45) is 0.257. The Morgan fingerprint density at radius 1 is 1.47 bits per heavy atom. The quantitative estimate of drug-likeness (QED) is 0.619. The highest BCUT2D eigenvalue weighted by Crippen LogP contribution is 2.17. The van der Waals surface area contributed by atoms with E-state index in [1.165, 1.54) is 18.2 Å². The van der Waals surface area contributed by atoms with E-state index in [1.807, 2.05) is 0 Å². The van der Waals surface area contributed by atoms with Crippen LogP contribution >= 0.6 is 0 Å². The molecule has 1 amide bonds. The highest BCUT2D eigenvalue weighted by Gasteiger charge is 2.20. The zero-order chi connectivity index (χ0) is 14.6. The smallest absolute Gasteiger partial charge is 0.326 e. The number of carboxylic acid groups (broad SMARTS) is 1. The molecule has 7 nitrogen and oxygen atoms in total. The van der Waals surface area contributed by atoms with Crippen molar-refractivity contribution in [1.29, 1.82) is 0 Å². The van der Waals surface area contributed by atoms with E-state index >= 15 is 0 Å². The molecule has 0 saturated carbocycles. The number of nitrogens with one attached hydrogen (secondary N) is 1. The van der Waals surface area contributed by atoms with Crippen molar-refractivity contribution in [2.24, 2.45) is 0 Å². The van der Waals surface area contributed by atoms with Crippen LogP contribution in [0.5, 0.6) is 0 Å². The first-order valence-electron chi connectivity index (χ1n) is 5.65. The van der Waals surface area contributed by atoms with Crippen LogP contribution in [-0.2, 0) is 4.79 Å². The third kappa shape index (κ3) is 3.51. The molecule has 1 aromatic carbocycles. The predicted molar refractivity (Wildman–Crippen MR) is 67.0 cm³/mol. The fraction of sp³-hybridized carbons (Fsp3) is 0.333. The summed E-state index contributed by atoms with van der Waals surface area (Å²) in [4.78, 5) is 32.7. The van der Waals surface area contributed by atoms with Gasteiger partial charge in [-0.15, -0.1) is 0 Å². The molecular formula is C12H14N2O5. The number of nitro benzene ring substituents is 1. The number of nitro groups is 1. The van der Waals surface area contributed by atoms with E-state index < -0.39 is 22.8 Å².